The highest BCUT2D eigenvalue weighted by atomic mass is 19.1. The van der Waals surface area contributed by atoms with Gasteiger partial charge in [-0.15, -0.1) is 0 Å². The largest absolute Gasteiger partial charge is 0.493 e. The standard InChI is InChI=1S/C17H17FN2O5/c1-24-15-6-3-11(9-16(15)25-2)7-8-19-17(21)12-4-5-13(18)14(10-12)20(22)23/h3-6,9-10H,7-8H2,1-2H3,(H,19,21). The van der Waals surface area contributed by atoms with Crippen LogP contribution in [0.25, 0.3) is 0 Å². The normalized spacial score (nSPS) is 10.2. The molecule has 8 heteroatoms. The fourth-order valence-electron chi connectivity index (χ4n) is 2.25. The summed E-state index contributed by atoms with van der Waals surface area (Å²) >= 11 is 0. The minimum atomic E-state index is -0.980. The zero-order valence-corrected chi connectivity index (χ0v) is 13.7. The second kappa shape index (κ2) is 8.09. The average molecular weight is 348 g/mol. The van der Waals surface area contributed by atoms with Crippen LogP contribution in [0, 0.1) is 15.9 Å². The van der Waals surface area contributed by atoms with Gasteiger partial charge in [0.2, 0.25) is 5.82 Å². The third kappa shape index (κ3) is 4.43. The molecule has 0 spiro atoms. The predicted molar refractivity (Wildman–Crippen MR) is 88.6 cm³/mol. The van der Waals surface area contributed by atoms with Crippen LogP contribution in [0.5, 0.6) is 11.5 Å². The van der Waals surface area contributed by atoms with Gasteiger partial charge >= 0.3 is 5.69 Å². The molecule has 0 aliphatic rings. The van der Waals surface area contributed by atoms with E-state index in [-0.39, 0.29) is 5.56 Å². The van der Waals surface area contributed by atoms with Gasteiger partial charge in [0.25, 0.3) is 5.91 Å². The van der Waals surface area contributed by atoms with E-state index >= 15 is 0 Å². The van der Waals surface area contributed by atoms with Crippen LogP contribution in [0.1, 0.15) is 15.9 Å². The predicted octanol–water partition coefficient (Wildman–Crippen LogP) is 2.72. The Hall–Kier alpha value is -3.16. The Kier molecular flexibility index (Phi) is 5.89. The number of methoxy groups -OCH3 is 2. The molecule has 0 bridgehead atoms. The van der Waals surface area contributed by atoms with Gasteiger partial charge in [0, 0.05) is 18.2 Å². The third-order valence-electron chi connectivity index (χ3n) is 3.55. The van der Waals surface area contributed by atoms with Gasteiger partial charge < -0.3 is 14.8 Å². The van der Waals surface area contributed by atoms with Gasteiger partial charge in [0.05, 0.1) is 19.1 Å². The van der Waals surface area contributed by atoms with E-state index in [2.05, 4.69) is 5.32 Å². The molecule has 1 N–H and O–H groups in total. The quantitative estimate of drug-likeness (QED) is 0.614. The third-order valence-corrected chi connectivity index (χ3v) is 3.55. The smallest absolute Gasteiger partial charge is 0.305 e. The van der Waals surface area contributed by atoms with Crippen LogP contribution in [0.3, 0.4) is 0 Å². The van der Waals surface area contributed by atoms with E-state index in [9.17, 15) is 19.3 Å². The SMILES string of the molecule is COc1ccc(CCNC(=O)c2ccc(F)c([N+](=O)[O-])c2)cc1OC. The Morgan fingerprint density at radius 1 is 1.16 bits per heavy atom. The maximum Gasteiger partial charge on any atom is 0.305 e. The summed E-state index contributed by atoms with van der Waals surface area (Å²) in [5.74, 6) is -0.301. The summed E-state index contributed by atoms with van der Waals surface area (Å²) in [6, 6.07) is 8.43. The average Bonchev–Trinajstić information content (AvgIpc) is 2.61. The molecule has 1 amide bonds. The molecule has 132 valence electrons. The van der Waals surface area contributed by atoms with Crippen molar-refractivity contribution in [3.05, 3.63) is 63.5 Å². The first-order valence-corrected chi connectivity index (χ1v) is 7.39. The minimum absolute atomic E-state index is 0.0282. The molecule has 0 fully saturated rings. The number of nitrogens with one attached hydrogen (secondary N) is 1. The maximum absolute atomic E-state index is 13.3. The van der Waals surface area contributed by atoms with Gasteiger partial charge in [-0.05, 0) is 36.2 Å². The molecular weight excluding hydrogens is 331 g/mol. The van der Waals surface area contributed by atoms with Crippen molar-refractivity contribution in [1.82, 2.24) is 5.32 Å². The molecule has 0 aromatic heterocycles. The molecule has 0 aliphatic heterocycles. The number of hydrogen-bond donors (Lipinski definition) is 1. The van der Waals surface area contributed by atoms with Crippen LogP contribution in [-0.4, -0.2) is 31.6 Å². The number of ether oxygens (including phenoxy) is 2. The fraction of sp³-hybridized carbons (Fsp3) is 0.235. The maximum atomic E-state index is 13.3. The topological polar surface area (TPSA) is 90.7 Å². The number of carbonyl (C=O) groups excluding carboxylic acids is 1. The second-order valence-electron chi connectivity index (χ2n) is 5.12. The van der Waals surface area contributed by atoms with Crippen LogP contribution in [0.15, 0.2) is 36.4 Å². The number of nitrogens with zero attached hydrogens (tertiary/aromatic N) is 1. The number of hydrogen-bond acceptors (Lipinski definition) is 5. The van der Waals surface area contributed by atoms with E-state index in [1.54, 1.807) is 19.2 Å². The van der Waals surface area contributed by atoms with Crippen LogP contribution < -0.4 is 14.8 Å². The van der Waals surface area contributed by atoms with Gasteiger partial charge in [0.1, 0.15) is 0 Å². The van der Waals surface area contributed by atoms with E-state index in [0.29, 0.717) is 24.5 Å². The first kappa shape index (κ1) is 18.2. The summed E-state index contributed by atoms with van der Waals surface area (Å²) in [5, 5.41) is 13.4. The molecule has 0 radical (unpaired) electrons. The van der Waals surface area contributed by atoms with Gasteiger partial charge in [-0.25, -0.2) is 0 Å². The summed E-state index contributed by atoms with van der Waals surface area (Å²) in [5.41, 5.74) is 0.219. The lowest BCUT2D eigenvalue weighted by Crippen LogP contribution is -2.25. The molecule has 0 saturated carbocycles. The van der Waals surface area contributed by atoms with Gasteiger partial charge in [0.15, 0.2) is 11.5 Å². The van der Waals surface area contributed by atoms with E-state index in [1.807, 2.05) is 6.07 Å². The lowest BCUT2D eigenvalue weighted by molar-refractivity contribution is -0.387. The number of nitro groups is 1. The number of rotatable bonds is 7. The molecule has 25 heavy (non-hydrogen) atoms. The number of nitro benzene ring substituents is 1. The van der Waals surface area contributed by atoms with Crippen LogP contribution >= 0.6 is 0 Å². The Bertz CT molecular complexity index is 795. The van der Waals surface area contributed by atoms with Crippen molar-refractivity contribution < 1.29 is 23.6 Å². The number of benzene rings is 2. The van der Waals surface area contributed by atoms with Crippen molar-refractivity contribution in [2.24, 2.45) is 0 Å². The Labute approximate surface area is 143 Å². The molecule has 0 unspecified atom stereocenters. The Morgan fingerprint density at radius 3 is 2.52 bits per heavy atom. The monoisotopic (exact) mass is 348 g/mol. The lowest BCUT2D eigenvalue weighted by Gasteiger charge is -2.10. The zero-order chi connectivity index (χ0) is 18.4. The highest BCUT2D eigenvalue weighted by molar-refractivity contribution is 5.94. The fourth-order valence-corrected chi connectivity index (χ4v) is 2.25. The van der Waals surface area contributed by atoms with Crippen molar-refractivity contribution in [2.75, 3.05) is 20.8 Å². The van der Waals surface area contributed by atoms with E-state index < -0.39 is 22.3 Å². The number of halogens is 1. The van der Waals surface area contributed by atoms with Crippen LogP contribution in [-0.2, 0) is 6.42 Å². The highest BCUT2D eigenvalue weighted by Crippen LogP contribution is 2.27. The van der Waals surface area contributed by atoms with Crippen molar-refractivity contribution in [1.29, 1.82) is 0 Å². The van der Waals surface area contributed by atoms with Crippen molar-refractivity contribution in [3.8, 4) is 11.5 Å². The second-order valence-corrected chi connectivity index (χ2v) is 5.12. The van der Waals surface area contributed by atoms with Gasteiger partial charge in [-0.1, -0.05) is 6.07 Å². The summed E-state index contributed by atoms with van der Waals surface area (Å²) in [6.45, 7) is 0.305. The van der Waals surface area contributed by atoms with Crippen molar-refractivity contribution in [2.45, 2.75) is 6.42 Å². The minimum Gasteiger partial charge on any atom is -0.493 e. The molecule has 7 nitrogen and oxygen atoms in total. The van der Waals surface area contributed by atoms with Crippen molar-refractivity contribution in [3.63, 3.8) is 0 Å². The summed E-state index contributed by atoms with van der Waals surface area (Å²) in [4.78, 5) is 21.9. The van der Waals surface area contributed by atoms with E-state index in [4.69, 9.17) is 9.47 Å². The molecule has 0 heterocycles. The zero-order valence-electron chi connectivity index (χ0n) is 13.7. The first-order chi connectivity index (χ1) is 12.0. The summed E-state index contributed by atoms with van der Waals surface area (Å²) in [7, 11) is 3.07. The molecule has 0 aliphatic carbocycles. The molecule has 2 aromatic rings. The number of carbonyl (C=O) groups is 1. The number of amides is 1. The van der Waals surface area contributed by atoms with Gasteiger partial charge in [-0.3, -0.25) is 14.9 Å². The molecule has 2 aromatic carbocycles. The molecule has 0 atom stereocenters. The molecule has 0 saturated heterocycles. The Balaban J connectivity index is 1.99. The van der Waals surface area contributed by atoms with Crippen molar-refractivity contribution >= 4 is 11.6 Å². The summed E-state index contributed by atoms with van der Waals surface area (Å²) in [6.07, 6.45) is 0.523. The highest BCUT2D eigenvalue weighted by Gasteiger charge is 2.17. The Morgan fingerprint density at radius 2 is 1.88 bits per heavy atom. The lowest BCUT2D eigenvalue weighted by atomic mass is 10.1. The van der Waals surface area contributed by atoms with Crippen LogP contribution in [0.4, 0.5) is 10.1 Å². The van der Waals surface area contributed by atoms with E-state index in [0.717, 1.165) is 17.7 Å². The van der Waals surface area contributed by atoms with Crippen LogP contribution in [0.2, 0.25) is 0 Å². The van der Waals surface area contributed by atoms with E-state index in [1.165, 1.54) is 13.2 Å². The molecule has 2 rings (SSSR count). The molecular formula is C17H17FN2O5. The first-order valence-electron chi connectivity index (χ1n) is 7.39. The van der Waals surface area contributed by atoms with Gasteiger partial charge in [-0.2, -0.15) is 4.39 Å². The summed E-state index contributed by atoms with van der Waals surface area (Å²) < 4.78 is 23.7.